The molecule has 1 saturated heterocycles. The smallest absolute Gasteiger partial charge is 0.269 e. The van der Waals surface area contributed by atoms with E-state index in [1.165, 1.54) is 6.08 Å². The molecule has 0 radical (unpaired) electrons. The van der Waals surface area contributed by atoms with E-state index in [-0.39, 0.29) is 31.1 Å². The molecule has 1 aliphatic heterocycles. The fraction of sp³-hybridized carbons (Fsp3) is 0.560. The summed E-state index contributed by atoms with van der Waals surface area (Å²) in [6.07, 6.45) is 6.50. The number of halogens is 3. The number of nitriles is 1. The van der Waals surface area contributed by atoms with Crippen LogP contribution >= 0.6 is 11.6 Å². The van der Waals surface area contributed by atoms with E-state index in [2.05, 4.69) is 10.6 Å². The van der Waals surface area contributed by atoms with Crippen molar-refractivity contribution in [2.75, 3.05) is 19.6 Å². The molecule has 0 bridgehead atoms. The molecule has 1 unspecified atom stereocenters. The van der Waals surface area contributed by atoms with Crippen molar-refractivity contribution in [3.63, 3.8) is 0 Å². The van der Waals surface area contributed by atoms with Crippen LogP contribution in [0.2, 0.25) is 5.02 Å². The standard InChI is InChI=1S/C25H32ClF2N5O/c26-21-9-4-3-8-20(21)23(31-18-6-1-2-7-18)16-22(30)24(34)32-19(10-13-29)11-15-33-14-5-12-25(27,28)17-33/h3-4,8-9,16,18-19,30-31H,1-2,5-7,10-12,14-15,17H2,(H,32,34)/b23-16-,30-22?. The average Bonchev–Trinajstić information content (AvgIpc) is 3.30. The van der Waals surface area contributed by atoms with Gasteiger partial charge in [-0.1, -0.05) is 42.6 Å². The van der Waals surface area contributed by atoms with E-state index >= 15 is 0 Å². The van der Waals surface area contributed by atoms with Gasteiger partial charge in [-0.2, -0.15) is 5.26 Å². The lowest BCUT2D eigenvalue weighted by atomic mass is 10.1. The Bertz CT molecular complexity index is 939. The number of nitrogens with zero attached hydrogens (tertiary/aromatic N) is 2. The molecule has 9 heteroatoms. The molecule has 2 fully saturated rings. The Hall–Kier alpha value is -2.50. The molecule has 184 valence electrons. The number of hydrogen-bond donors (Lipinski definition) is 3. The van der Waals surface area contributed by atoms with Crippen LogP contribution in [0.25, 0.3) is 5.70 Å². The molecule has 34 heavy (non-hydrogen) atoms. The Labute approximate surface area is 204 Å². The molecule has 0 spiro atoms. The van der Waals surface area contributed by atoms with E-state index in [1.807, 2.05) is 24.3 Å². The van der Waals surface area contributed by atoms with Gasteiger partial charge in [-0.05, 0) is 44.4 Å². The van der Waals surface area contributed by atoms with Crippen molar-refractivity contribution in [1.29, 1.82) is 10.7 Å². The third kappa shape index (κ3) is 7.78. The zero-order valence-corrected chi connectivity index (χ0v) is 20.0. The number of amides is 1. The van der Waals surface area contributed by atoms with Crippen LogP contribution in [0.5, 0.6) is 0 Å². The van der Waals surface area contributed by atoms with Gasteiger partial charge in [-0.15, -0.1) is 0 Å². The zero-order valence-electron chi connectivity index (χ0n) is 19.3. The molecule has 1 amide bonds. The largest absolute Gasteiger partial charge is 0.382 e. The van der Waals surface area contributed by atoms with Crippen molar-refractivity contribution in [1.82, 2.24) is 15.5 Å². The number of benzene rings is 1. The highest BCUT2D eigenvalue weighted by Gasteiger charge is 2.35. The summed E-state index contributed by atoms with van der Waals surface area (Å²) < 4.78 is 27.3. The van der Waals surface area contributed by atoms with Gasteiger partial charge < -0.3 is 10.6 Å². The first-order valence-electron chi connectivity index (χ1n) is 11.9. The van der Waals surface area contributed by atoms with Crippen LogP contribution < -0.4 is 10.6 Å². The minimum absolute atomic E-state index is 0.0463. The quantitative estimate of drug-likeness (QED) is 0.412. The summed E-state index contributed by atoms with van der Waals surface area (Å²) in [6.45, 7) is 0.641. The molecule has 6 nitrogen and oxygen atoms in total. The topological polar surface area (TPSA) is 92.0 Å². The third-order valence-corrected chi connectivity index (χ3v) is 6.68. The van der Waals surface area contributed by atoms with E-state index in [0.717, 1.165) is 25.7 Å². The van der Waals surface area contributed by atoms with Crippen molar-refractivity contribution in [3.8, 4) is 6.07 Å². The van der Waals surface area contributed by atoms with Crippen LogP contribution in [0.15, 0.2) is 30.3 Å². The molecule has 3 rings (SSSR count). The van der Waals surface area contributed by atoms with E-state index in [0.29, 0.717) is 42.2 Å². The minimum Gasteiger partial charge on any atom is -0.382 e. The predicted octanol–water partition coefficient (Wildman–Crippen LogP) is 4.75. The number of hydrogen-bond acceptors (Lipinski definition) is 5. The van der Waals surface area contributed by atoms with Gasteiger partial charge in [0.05, 0.1) is 19.0 Å². The Kier molecular flexibility index (Phi) is 9.43. The first-order chi connectivity index (χ1) is 16.3. The molecular formula is C25H32ClF2N5O. The summed E-state index contributed by atoms with van der Waals surface area (Å²) in [6, 6.07) is 9.05. The number of likely N-dealkylation sites (tertiary alicyclic amines) is 1. The van der Waals surface area contributed by atoms with Crippen LogP contribution in [-0.2, 0) is 4.79 Å². The van der Waals surface area contributed by atoms with Crippen LogP contribution in [0.4, 0.5) is 8.78 Å². The van der Waals surface area contributed by atoms with Gasteiger partial charge in [0.15, 0.2) is 0 Å². The molecule has 1 aliphatic carbocycles. The van der Waals surface area contributed by atoms with Crippen LogP contribution in [0, 0.1) is 16.7 Å². The fourth-order valence-corrected chi connectivity index (χ4v) is 4.79. The normalized spacial score (nSPS) is 19.9. The Morgan fingerprint density at radius 1 is 1.32 bits per heavy atom. The first-order valence-corrected chi connectivity index (χ1v) is 12.2. The second kappa shape index (κ2) is 12.3. The summed E-state index contributed by atoms with van der Waals surface area (Å²) >= 11 is 6.38. The highest BCUT2D eigenvalue weighted by molar-refractivity contribution is 6.43. The van der Waals surface area contributed by atoms with Crippen LogP contribution in [0.1, 0.15) is 56.9 Å². The molecule has 1 aromatic carbocycles. The van der Waals surface area contributed by atoms with Gasteiger partial charge in [0.1, 0.15) is 5.71 Å². The molecule has 1 atom stereocenters. The number of piperidine rings is 1. The lowest BCUT2D eigenvalue weighted by Gasteiger charge is -2.33. The monoisotopic (exact) mass is 491 g/mol. The summed E-state index contributed by atoms with van der Waals surface area (Å²) in [5, 5.41) is 24.2. The highest BCUT2D eigenvalue weighted by atomic mass is 35.5. The van der Waals surface area contributed by atoms with E-state index in [1.54, 1.807) is 11.0 Å². The maximum absolute atomic E-state index is 13.7. The Morgan fingerprint density at radius 3 is 2.74 bits per heavy atom. The third-order valence-electron chi connectivity index (χ3n) is 6.35. The van der Waals surface area contributed by atoms with Gasteiger partial charge in [0, 0.05) is 41.3 Å². The van der Waals surface area contributed by atoms with Crippen LogP contribution in [0.3, 0.4) is 0 Å². The fourth-order valence-electron chi connectivity index (χ4n) is 4.55. The maximum Gasteiger partial charge on any atom is 0.269 e. The molecule has 3 N–H and O–H groups in total. The van der Waals surface area contributed by atoms with Gasteiger partial charge in [0.25, 0.3) is 11.8 Å². The lowest BCUT2D eigenvalue weighted by molar-refractivity contribution is -0.115. The molecule has 2 aliphatic rings. The molecular weight excluding hydrogens is 460 g/mol. The summed E-state index contributed by atoms with van der Waals surface area (Å²) in [7, 11) is 0. The number of rotatable bonds is 10. The summed E-state index contributed by atoms with van der Waals surface area (Å²) in [5.41, 5.74) is 1.08. The van der Waals surface area contributed by atoms with Crippen LogP contribution in [-0.4, -0.2) is 54.2 Å². The zero-order chi connectivity index (χ0) is 24.6. The van der Waals surface area contributed by atoms with E-state index in [4.69, 9.17) is 22.3 Å². The summed E-state index contributed by atoms with van der Waals surface area (Å²) in [5.74, 6) is -3.30. The van der Waals surface area contributed by atoms with Crippen molar-refractivity contribution in [2.24, 2.45) is 0 Å². The molecule has 1 saturated carbocycles. The van der Waals surface area contributed by atoms with Gasteiger partial charge >= 0.3 is 0 Å². The molecule has 1 heterocycles. The second-order valence-corrected chi connectivity index (χ2v) is 9.54. The van der Waals surface area contributed by atoms with Gasteiger partial charge in [-0.3, -0.25) is 15.1 Å². The lowest BCUT2D eigenvalue weighted by Crippen LogP contribution is -2.45. The van der Waals surface area contributed by atoms with E-state index < -0.39 is 17.9 Å². The van der Waals surface area contributed by atoms with Crippen molar-refractivity contribution >= 4 is 28.9 Å². The Morgan fingerprint density at radius 2 is 2.06 bits per heavy atom. The SMILES string of the molecule is N#CCC(CCN1CCCC(F)(F)C1)NC(=O)C(=N)/C=C(\NC1CCCC1)c1ccccc1Cl. The maximum atomic E-state index is 13.7. The Balaban J connectivity index is 1.65. The van der Waals surface area contributed by atoms with Crippen molar-refractivity contribution in [2.45, 2.75) is 69.4 Å². The minimum atomic E-state index is -2.69. The predicted molar refractivity (Wildman–Crippen MR) is 130 cm³/mol. The number of nitrogens with one attached hydrogen (secondary N) is 3. The molecule has 0 aromatic heterocycles. The van der Waals surface area contributed by atoms with E-state index in [9.17, 15) is 13.6 Å². The van der Waals surface area contributed by atoms with Gasteiger partial charge in [0.2, 0.25) is 0 Å². The number of carbonyl (C=O) groups excluding carboxylic acids is 1. The summed E-state index contributed by atoms with van der Waals surface area (Å²) in [4.78, 5) is 14.5. The first kappa shape index (κ1) is 26.1. The average molecular weight is 492 g/mol. The number of alkyl halides is 2. The second-order valence-electron chi connectivity index (χ2n) is 9.13. The highest BCUT2D eigenvalue weighted by Crippen LogP contribution is 2.27. The number of carbonyl (C=O) groups is 1. The van der Waals surface area contributed by atoms with Crippen molar-refractivity contribution in [3.05, 3.63) is 40.9 Å². The van der Waals surface area contributed by atoms with Gasteiger partial charge in [-0.25, -0.2) is 8.78 Å². The molecule has 1 aromatic rings. The van der Waals surface area contributed by atoms with Crippen molar-refractivity contribution < 1.29 is 13.6 Å².